The Balaban J connectivity index is 1.06. The molecule has 2 fully saturated rings. The molecule has 4 heterocycles. The summed E-state index contributed by atoms with van der Waals surface area (Å²) in [6, 6.07) is 23.0. The number of hydrogen-bond acceptors (Lipinski definition) is 6. The highest BCUT2D eigenvalue weighted by Gasteiger charge is 2.42. The fourth-order valence-electron chi connectivity index (χ4n) is 7.72. The second kappa shape index (κ2) is 13.7. The van der Waals surface area contributed by atoms with Crippen molar-refractivity contribution in [1.82, 2.24) is 35.1 Å². The first kappa shape index (κ1) is 33.5. The molecule has 2 aromatic heterocycles. The quantitative estimate of drug-likeness (QED) is 0.156. The first-order valence-electron chi connectivity index (χ1n) is 17.7. The smallest absolute Gasteiger partial charge is 0.409 e. The van der Waals surface area contributed by atoms with Crippen LogP contribution in [0, 0.1) is 17.8 Å². The molecule has 260 valence electrons. The number of likely N-dealkylation sites (tertiary alicyclic amines) is 1. The number of nitrogens with zero attached hydrogens (tertiary/aromatic N) is 4. The van der Waals surface area contributed by atoms with Crippen LogP contribution in [0.15, 0.2) is 72.9 Å². The summed E-state index contributed by atoms with van der Waals surface area (Å²) in [6.45, 7) is 9.97. The highest BCUT2D eigenvalue weighted by molar-refractivity contribution is 5.87. The predicted molar refractivity (Wildman–Crippen MR) is 196 cm³/mol. The molecule has 5 aromatic rings. The Bertz CT molecular complexity index is 1980. The molecule has 2 amide bonds. The van der Waals surface area contributed by atoms with Crippen molar-refractivity contribution in [3.8, 4) is 33.5 Å². The summed E-state index contributed by atoms with van der Waals surface area (Å²) in [5.41, 5.74) is 8.45. The van der Waals surface area contributed by atoms with E-state index < -0.39 is 12.1 Å². The molecule has 0 spiro atoms. The van der Waals surface area contributed by atoms with E-state index in [0.29, 0.717) is 24.4 Å². The molecule has 10 heteroatoms. The second-order valence-electron chi connectivity index (χ2n) is 14.6. The van der Waals surface area contributed by atoms with E-state index in [9.17, 15) is 9.59 Å². The Hall–Kier alpha value is -4.96. The molecule has 0 bridgehead atoms. The molecular weight excluding hydrogens is 626 g/mol. The molecule has 2 aliphatic rings. The maximum absolute atomic E-state index is 13.9. The molecule has 0 saturated carbocycles. The third-order valence-corrected chi connectivity index (χ3v) is 10.4. The number of nitrogens with one attached hydrogen (secondary N) is 3. The van der Waals surface area contributed by atoms with Crippen LogP contribution in [-0.2, 0) is 9.53 Å². The number of fused-ring (bicyclic) bond motifs is 1. The molecule has 5 atom stereocenters. The van der Waals surface area contributed by atoms with Gasteiger partial charge in [-0.1, -0.05) is 82.3 Å². The number of imidazole rings is 2. The van der Waals surface area contributed by atoms with Crippen molar-refractivity contribution in [2.45, 2.75) is 58.7 Å². The van der Waals surface area contributed by atoms with E-state index in [2.05, 4.69) is 94.8 Å². The van der Waals surface area contributed by atoms with Crippen LogP contribution < -0.4 is 5.32 Å². The number of benzene rings is 3. The number of amides is 2. The Morgan fingerprint density at radius 1 is 0.860 bits per heavy atom. The zero-order valence-corrected chi connectivity index (χ0v) is 29.7. The molecule has 2 aliphatic heterocycles. The van der Waals surface area contributed by atoms with Crippen LogP contribution in [-0.4, -0.2) is 75.0 Å². The number of carbonyl (C=O) groups excluding carboxylic acids is 2. The summed E-state index contributed by atoms with van der Waals surface area (Å²) in [7, 11) is 2.96. The van der Waals surface area contributed by atoms with Gasteiger partial charge in [0, 0.05) is 13.6 Å². The predicted octanol–water partition coefficient (Wildman–Crippen LogP) is 7.59. The van der Waals surface area contributed by atoms with Crippen LogP contribution in [0.5, 0.6) is 0 Å². The molecule has 0 aliphatic carbocycles. The van der Waals surface area contributed by atoms with Crippen molar-refractivity contribution in [3.05, 3.63) is 84.6 Å². The summed E-state index contributed by atoms with van der Waals surface area (Å²) >= 11 is 0. The van der Waals surface area contributed by atoms with Crippen LogP contribution in [0.3, 0.4) is 0 Å². The molecule has 5 unspecified atom stereocenters. The third-order valence-electron chi connectivity index (χ3n) is 10.4. The van der Waals surface area contributed by atoms with Gasteiger partial charge >= 0.3 is 6.09 Å². The van der Waals surface area contributed by atoms with Gasteiger partial charge < -0.3 is 24.9 Å². The van der Waals surface area contributed by atoms with Crippen LogP contribution in [0.2, 0.25) is 0 Å². The number of H-pyrrole nitrogens is 2. The maximum atomic E-state index is 13.9. The van der Waals surface area contributed by atoms with Gasteiger partial charge in [-0.25, -0.2) is 14.8 Å². The molecule has 3 N–H and O–H groups in total. The highest BCUT2D eigenvalue weighted by Crippen LogP contribution is 2.37. The van der Waals surface area contributed by atoms with E-state index in [4.69, 9.17) is 9.72 Å². The molecule has 50 heavy (non-hydrogen) atoms. The number of carbonyl (C=O) groups is 2. The van der Waals surface area contributed by atoms with Crippen molar-refractivity contribution in [2.75, 3.05) is 27.2 Å². The molecular formula is C40H47N7O3. The summed E-state index contributed by atoms with van der Waals surface area (Å²) in [6.07, 6.45) is 3.32. The Labute approximate surface area is 293 Å². The number of aromatic amines is 2. The largest absolute Gasteiger partial charge is 0.453 e. The normalized spacial score (nSPS) is 21.2. The van der Waals surface area contributed by atoms with E-state index in [1.54, 1.807) is 7.05 Å². The van der Waals surface area contributed by atoms with Gasteiger partial charge in [0.25, 0.3) is 0 Å². The molecule has 2 saturated heterocycles. The van der Waals surface area contributed by atoms with Gasteiger partial charge in [0.05, 0.1) is 42.1 Å². The molecule has 0 radical (unpaired) electrons. The van der Waals surface area contributed by atoms with Crippen LogP contribution in [0.1, 0.15) is 64.3 Å². The van der Waals surface area contributed by atoms with Gasteiger partial charge in [-0.15, -0.1) is 0 Å². The van der Waals surface area contributed by atoms with Crippen molar-refractivity contribution in [1.29, 1.82) is 0 Å². The second-order valence-corrected chi connectivity index (χ2v) is 14.6. The average molecular weight is 674 g/mol. The average Bonchev–Trinajstić information content (AvgIpc) is 3.94. The first-order valence-corrected chi connectivity index (χ1v) is 17.7. The number of methoxy groups -OCH3 is 1. The Morgan fingerprint density at radius 3 is 2.12 bits per heavy atom. The Kier molecular flexibility index (Phi) is 9.22. The van der Waals surface area contributed by atoms with Gasteiger partial charge in [0.15, 0.2) is 0 Å². The molecule has 3 aromatic carbocycles. The lowest BCUT2D eigenvalue weighted by Crippen LogP contribution is -2.52. The first-order chi connectivity index (χ1) is 24.1. The standard InChI is InChI=1S/C40H47N7O3/c1-23(2)36(46(5)40(49)50-6)39(48)47-22-25(4)18-35(47)38-43-31-16-15-30(19-32(31)44-38)28-9-7-26(8-10-28)27-11-13-29(14-12-27)34-21-42-37(45-34)33-17-24(3)20-41-33/h7-16,19,21,23-25,33,35-36,41H,17-18,20,22H2,1-6H3,(H,42,45)(H,43,44). The van der Waals surface area contributed by atoms with E-state index in [1.807, 2.05) is 31.0 Å². The Morgan fingerprint density at radius 2 is 1.50 bits per heavy atom. The van der Waals surface area contributed by atoms with Crippen molar-refractivity contribution in [2.24, 2.45) is 17.8 Å². The van der Waals surface area contributed by atoms with Crippen molar-refractivity contribution in [3.63, 3.8) is 0 Å². The van der Waals surface area contributed by atoms with Gasteiger partial charge in [0.1, 0.15) is 17.7 Å². The van der Waals surface area contributed by atoms with Crippen LogP contribution in [0.4, 0.5) is 4.79 Å². The number of hydrogen-bond donors (Lipinski definition) is 3. The monoisotopic (exact) mass is 673 g/mol. The summed E-state index contributed by atoms with van der Waals surface area (Å²) in [4.78, 5) is 46.2. The lowest BCUT2D eigenvalue weighted by molar-refractivity contribution is -0.138. The van der Waals surface area contributed by atoms with Crippen molar-refractivity contribution < 1.29 is 14.3 Å². The zero-order valence-electron chi connectivity index (χ0n) is 29.7. The minimum Gasteiger partial charge on any atom is -0.453 e. The van der Waals surface area contributed by atoms with Gasteiger partial charge in [0.2, 0.25) is 5.91 Å². The van der Waals surface area contributed by atoms with E-state index in [0.717, 1.165) is 75.6 Å². The van der Waals surface area contributed by atoms with Gasteiger partial charge in [-0.3, -0.25) is 9.69 Å². The molecule has 7 rings (SSSR count). The van der Waals surface area contributed by atoms with Crippen molar-refractivity contribution >= 4 is 23.0 Å². The maximum Gasteiger partial charge on any atom is 0.409 e. The van der Waals surface area contributed by atoms with E-state index in [1.165, 1.54) is 12.0 Å². The number of ether oxygens (including phenoxy) is 1. The number of aromatic nitrogens is 4. The SMILES string of the molecule is COC(=O)N(C)C(C(=O)N1CC(C)CC1c1nc2ccc(-c3ccc(-c4ccc(-c5cnc(C6CC(C)CN6)[nH]5)cc4)cc3)cc2[nH]1)C(C)C. The topological polar surface area (TPSA) is 119 Å². The number of rotatable bonds is 8. The highest BCUT2D eigenvalue weighted by atomic mass is 16.5. The summed E-state index contributed by atoms with van der Waals surface area (Å²) < 4.78 is 4.93. The van der Waals surface area contributed by atoms with Crippen LogP contribution >= 0.6 is 0 Å². The zero-order chi connectivity index (χ0) is 35.1. The number of likely N-dealkylation sites (N-methyl/N-ethyl adjacent to an activating group) is 1. The molecule has 10 nitrogen and oxygen atoms in total. The lowest BCUT2D eigenvalue weighted by atomic mass is 9.99. The summed E-state index contributed by atoms with van der Waals surface area (Å²) in [5.74, 6) is 2.60. The minimum atomic E-state index is -0.625. The lowest BCUT2D eigenvalue weighted by Gasteiger charge is -2.34. The van der Waals surface area contributed by atoms with E-state index in [-0.39, 0.29) is 17.9 Å². The van der Waals surface area contributed by atoms with E-state index >= 15 is 0 Å². The fourth-order valence-corrected chi connectivity index (χ4v) is 7.72. The fraction of sp³-hybridized carbons (Fsp3) is 0.400. The van der Waals surface area contributed by atoms with Gasteiger partial charge in [-0.05, 0) is 77.1 Å². The summed E-state index contributed by atoms with van der Waals surface area (Å²) in [5, 5.41) is 3.55. The minimum absolute atomic E-state index is 0.0780. The van der Waals surface area contributed by atoms with Crippen LogP contribution in [0.25, 0.3) is 44.5 Å². The third kappa shape index (κ3) is 6.52. The van der Waals surface area contributed by atoms with Gasteiger partial charge in [-0.2, -0.15) is 0 Å².